The van der Waals surface area contributed by atoms with E-state index in [1.807, 2.05) is 30.3 Å². The maximum Gasteiger partial charge on any atom is 0.411 e. The Kier molecular flexibility index (Phi) is 5.83. The van der Waals surface area contributed by atoms with Crippen molar-refractivity contribution < 1.29 is 22.7 Å². The molecule has 0 radical (unpaired) electrons. The van der Waals surface area contributed by atoms with Crippen LogP contribution in [0.15, 0.2) is 30.3 Å². The summed E-state index contributed by atoms with van der Waals surface area (Å²) in [4.78, 5) is 19.7. The average molecular weight is 369 g/mol. The molecule has 1 aliphatic rings. The van der Waals surface area contributed by atoms with Crippen molar-refractivity contribution in [3.8, 4) is 0 Å². The van der Waals surface area contributed by atoms with Gasteiger partial charge in [-0.1, -0.05) is 18.2 Å². The Morgan fingerprint density at radius 1 is 1.15 bits per heavy atom. The van der Waals surface area contributed by atoms with Gasteiger partial charge in [0.2, 0.25) is 0 Å². The van der Waals surface area contributed by atoms with Gasteiger partial charge in [0.05, 0.1) is 0 Å². The topological polar surface area (TPSA) is 48.6 Å². The summed E-state index contributed by atoms with van der Waals surface area (Å²) in [6.07, 6.45) is -3.72. The van der Waals surface area contributed by atoms with Crippen molar-refractivity contribution >= 4 is 16.8 Å². The van der Waals surface area contributed by atoms with Crippen molar-refractivity contribution in [2.45, 2.75) is 12.6 Å². The summed E-state index contributed by atoms with van der Waals surface area (Å²) in [6, 6.07) is 9.61. The molecule has 1 aliphatic heterocycles. The van der Waals surface area contributed by atoms with E-state index in [4.69, 9.17) is 0 Å². The summed E-state index contributed by atoms with van der Waals surface area (Å²) in [6.45, 7) is 2.21. The van der Waals surface area contributed by atoms with E-state index in [0.29, 0.717) is 44.8 Å². The molecule has 1 saturated heterocycles. The molecule has 1 fully saturated rings. The Labute approximate surface area is 149 Å². The molecule has 142 valence electrons. The second kappa shape index (κ2) is 8.09. The summed E-state index contributed by atoms with van der Waals surface area (Å²) in [5.74, 6) is -0.0191. The van der Waals surface area contributed by atoms with Crippen LogP contribution in [0.25, 0.3) is 10.9 Å². The molecule has 8 heteroatoms. The fraction of sp³-hybridized carbons (Fsp3) is 0.500. The van der Waals surface area contributed by atoms with E-state index in [0.717, 1.165) is 10.9 Å². The molecule has 1 aromatic carbocycles. The zero-order valence-corrected chi connectivity index (χ0v) is 14.4. The van der Waals surface area contributed by atoms with Crippen LogP contribution in [0.5, 0.6) is 0 Å². The van der Waals surface area contributed by atoms with Crippen LogP contribution in [0.1, 0.15) is 16.9 Å². The Morgan fingerprint density at radius 2 is 1.88 bits per heavy atom. The number of nitrogens with one attached hydrogen (secondary N) is 1. The predicted molar refractivity (Wildman–Crippen MR) is 92.1 cm³/mol. The molecule has 0 atom stereocenters. The summed E-state index contributed by atoms with van der Waals surface area (Å²) < 4.78 is 40.6. The second-order valence-corrected chi connectivity index (χ2v) is 6.43. The monoisotopic (exact) mass is 369 g/mol. The van der Waals surface area contributed by atoms with Gasteiger partial charge in [-0.3, -0.25) is 9.69 Å². The number of fused-ring (bicyclic) bond motifs is 1. The summed E-state index contributed by atoms with van der Waals surface area (Å²) in [5.41, 5.74) is 1.52. The van der Waals surface area contributed by atoms with E-state index in [2.05, 4.69) is 14.6 Å². The number of hydrogen-bond acceptors (Lipinski definition) is 3. The van der Waals surface area contributed by atoms with Crippen LogP contribution in [-0.4, -0.2) is 72.8 Å². The summed E-state index contributed by atoms with van der Waals surface area (Å²) in [7, 11) is 0. The molecule has 2 heterocycles. The number of amides is 1. The van der Waals surface area contributed by atoms with Gasteiger partial charge in [-0.25, -0.2) is 0 Å². The maximum atomic E-state index is 12.6. The van der Waals surface area contributed by atoms with Crippen LogP contribution >= 0.6 is 0 Å². The standard InChI is InChI=1S/C18H22F3N3O2/c19-18(20,21)13-26-11-3-6-23-7-9-24(10-8-23)17(25)16-12-14-4-1-2-5-15(14)22-16/h1-2,4-5,12,22H,3,6-11,13H2. The van der Waals surface area contributed by atoms with E-state index >= 15 is 0 Å². The van der Waals surface area contributed by atoms with Crippen molar-refractivity contribution in [2.24, 2.45) is 0 Å². The van der Waals surface area contributed by atoms with Crippen molar-refractivity contribution in [1.29, 1.82) is 0 Å². The first-order valence-corrected chi connectivity index (χ1v) is 8.66. The number of H-pyrrole nitrogens is 1. The molecule has 1 aromatic heterocycles. The Morgan fingerprint density at radius 3 is 2.58 bits per heavy atom. The molecule has 2 aromatic rings. The van der Waals surface area contributed by atoms with Crippen LogP contribution in [0.2, 0.25) is 0 Å². The lowest BCUT2D eigenvalue weighted by Crippen LogP contribution is -2.49. The molecule has 0 unspecified atom stereocenters. The van der Waals surface area contributed by atoms with E-state index in [-0.39, 0.29) is 12.5 Å². The molecule has 3 rings (SSSR count). The molecule has 1 N–H and O–H groups in total. The molecule has 0 spiro atoms. The quantitative estimate of drug-likeness (QED) is 0.797. The van der Waals surface area contributed by atoms with Gasteiger partial charge >= 0.3 is 6.18 Å². The molecule has 26 heavy (non-hydrogen) atoms. The third-order valence-corrected chi connectivity index (χ3v) is 4.45. The third-order valence-electron chi connectivity index (χ3n) is 4.45. The Hall–Kier alpha value is -2.06. The van der Waals surface area contributed by atoms with Crippen LogP contribution in [0.4, 0.5) is 13.2 Å². The number of para-hydroxylation sites is 1. The Bertz CT molecular complexity index is 704. The second-order valence-electron chi connectivity index (χ2n) is 6.43. The molecule has 0 saturated carbocycles. The van der Waals surface area contributed by atoms with Gasteiger partial charge in [-0.05, 0) is 18.6 Å². The van der Waals surface area contributed by atoms with Crippen molar-refractivity contribution in [3.05, 3.63) is 36.0 Å². The summed E-state index contributed by atoms with van der Waals surface area (Å²) >= 11 is 0. The molecule has 0 bridgehead atoms. The number of piperazine rings is 1. The lowest BCUT2D eigenvalue weighted by Gasteiger charge is -2.34. The number of carbonyl (C=O) groups is 1. The zero-order chi connectivity index (χ0) is 18.6. The largest absolute Gasteiger partial charge is 0.411 e. The minimum atomic E-state index is -4.27. The number of alkyl halides is 3. The first kappa shape index (κ1) is 18.7. The summed E-state index contributed by atoms with van der Waals surface area (Å²) in [5, 5.41) is 1.01. The minimum absolute atomic E-state index is 0.0191. The van der Waals surface area contributed by atoms with E-state index in [1.54, 1.807) is 4.90 Å². The number of halogens is 3. The van der Waals surface area contributed by atoms with Crippen LogP contribution < -0.4 is 0 Å². The molecule has 0 aliphatic carbocycles. The highest BCUT2D eigenvalue weighted by Gasteiger charge is 2.27. The van der Waals surface area contributed by atoms with Crippen LogP contribution in [0, 0.1) is 0 Å². The smallest absolute Gasteiger partial charge is 0.372 e. The average Bonchev–Trinajstić information content (AvgIpc) is 3.04. The van der Waals surface area contributed by atoms with Crippen LogP contribution in [-0.2, 0) is 4.74 Å². The first-order valence-electron chi connectivity index (χ1n) is 8.66. The van der Waals surface area contributed by atoms with E-state index < -0.39 is 12.8 Å². The molecule has 5 nitrogen and oxygen atoms in total. The fourth-order valence-electron chi connectivity index (χ4n) is 3.11. The van der Waals surface area contributed by atoms with Gasteiger partial charge in [0.1, 0.15) is 12.3 Å². The third kappa shape index (κ3) is 4.98. The lowest BCUT2D eigenvalue weighted by atomic mass is 10.2. The molecular formula is C18H22F3N3O2. The Balaban J connectivity index is 1.41. The van der Waals surface area contributed by atoms with Gasteiger partial charge in [-0.15, -0.1) is 0 Å². The maximum absolute atomic E-state index is 12.6. The number of aromatic amines is 1. The van der Waals surface area contributed by atoms with E-state index in [1.165, 1.54) is 0 Å². The highest BCUT2D eigenvalue weighted by atomic mass is 19.4. The number of benzene rings is 1. The zero-order valence-electron chi connectivity index (χ0n) is 14.4. The number of nitrogens with zero attached hydrogens (tertiary/aromatic N) is 2. The van der Waals surface area contributed by atoms with Crippen molar-refractivity contribution in [2.75, 3.05) is 45.9 Å². The fourth-order valence-corrected chi connectivity index (χ4v) is 3.11. The molecule has 1 amide bonds. The van der Waals surface area contributed by atoms with Crippen molar-refractivity contribution in [1.82, 2.24) is 14.8 Å². The van der Waals surface area contributed by atoms with Crippen molar-refractivity contribution in [3.63, 3.8) is 0 Å². The lowest BCUT2D eigenvalue weighted by molar-refractivity contribution is -0.174. The highest BCUT2D eigenvalue weighted by Crippen LogP contribution is 2.17. The number of ether oxygens (including phenoxy) is 1. The predicted octanol–water partition coefficient (Wildman–Crippen LogP) is 2.89. The number of rotatable bonds is 6. The van der Waals surface area contributed by atoms with Gasteiger partial charge in [-0.2, -0.15) is 13.2 Å². The number of aromatic nitrogens is 1. The van der Waals surface area contributed by atoms with E-state index in [9.17, 15) is 18.0 Å². The number of hydrogen-bond donors (Lipinski definition) is 1. The number of carbonyl (C=O) groups excluding carboxylic acids is 1. The minimum Gasteiger partial charge on any atom is -0.372 e. The van der Waals surface area contributed by atoms with Gasteiger partial charge in [0.15, 0.2) is 0 Å². The highest BCUT2D eigenvalue weighted by molar-refractivity contribution is 5.98. The van der Waals surface area contributed by atoms with Gasteiger partial charge < -0.3 is 14.6 Å². The first-order chi connectivity index (χ1) is 12.4. The van der Waals surface area contributed by atoms with Crippen LogP contribution in [0.3, 0.4) is 0 Å². The van der Waals surface area contributed by atoms with Gasteiger partial charge in [0, 0.05) is 50.2 Å². The SMILES string of the molecule is O=C(c1cc2ccccc2[nH]1)N1CCN(CCCOCC(F)(F)F)CC1. The normalized spacial score (nSPS) is 16.3. The molecular weight excluding hydrogens is 347 g/mol. The van der Waals surface area contributed by atoms with Gasteiger partial charge in [0.25, 0.3) is 5.91 Å².